The van der Waals surface area contributed by atoms with Gasteiger partial charge in [0.2, 0.25) is 0 Å². The Morgan fingerprint density at radius 3 is 2.86 bits per heavy atom. The molecule has 0 atom stereocenters. The van der Waals surface area contributed by atoms with E-state index in [1.807, 2.05) is 12.3 Å². The second-order valence-electron chi connectivity index (χ2n) is 2.87. The van der Waals surface area contributed by atoms with E-state index in [1.54, 1.807) is 29.2 Å². The van der Waals surface area contributed by atoms with Gasteiger partial charge in [-0.15, -0.1) is 23.1 Å². The largest absolute Gasteiger partial charge is 0.399 e. The summed E-state index contributed by atoms with van der Waals surface area (Å²) in [4.78, 5) is 0. The first-order valence-electron chi connectivity index (χ1n) is 4.01. The molecule has 14 heavy (non-hydrogen) atoms. The van der Waals surface area contributed by atoms with Crippen LogP contribution in [0.3, 0.4) is 0 Å². The van der Waals surface area contributed by atoms with Crippen molar-refractivity contribution in [1.29, 1.82) is 5.26 Å². The van der Waals surface area contributed by atoms with E-state index < -0.39 is 0 Å². The van der Waals surface area contributed by atoms with Crippen molar-refractivity contribution in [1.82, 2.24) is 0 Å². The Hall–Kier alpha value is -1.18. The summed E-state index contributed by atoms with van der Waals surface area (Å²) in [6.07, 6.45) is 2.03. The molecule has 0 aliphatic rings. The lowest BCUT2D eigenvalue weighted by molar-refractivity contribution is 1.51. The number of fused-ring (bicyclic) bond motifs is 1. The van der Waals surface area contributed by atoms with E-state index in [4.69, 9.17) is 11.0 Å². The molecule has 0 saturated carbocycles. The molecule has 0 saturated heterocycles. The van der Waals surface area contributed by atoms with Crippen LogP contribution in [0.15, 0.2) is 22.4 Å². The van der Waals surface area contributed by atoms with E-state index in [0.717, 1.165) is 10.1 Å². The number of nitrogens with two attached hydrogens (primary N) is 1. The fourth-order valence-electron chi connectivity index (χ4n) is 1.34. The van der Waals surface area contributed by atoms with Gasteiger partial charge in [0, 0.05) is 5.69 Å². The zero-order valence-corrected chi connectivity index (χ0v) is 9.21. The van der Waals surface area contributed by atoms with Crippen molar-refractivity contribution in [2.45, 2.75) is 4.21 Å². The van der Waals surface area contributed by atoms with Crippen molar-refractivity contribution in [2.75, 3.05) is 12.0 Å². The number of thioether (sulfide) groups is 1. The molecule has 4 heteroatoms. The van der Waals surface area contributed by atoms with Crippen LogP contribution in [0.25, 0.3) is 10.1 Å². The zero-order valence-electron chi connectivity index (χ0n) is 7.57. The highest BCUT2D eigenvalue weighted by atomic mass is 32.2. The molecule has 2 nitrogen and oxygen atoms in total. The van der Waals surface area contributed by atoms with Crippen LogP contribution < -0.4 is 5.73 Å². The lowest BCUT2D eigenvalue weighted by Gasteiger charge is -1.95. The van der Waals surface area contributed by atoms with Crippen molar-refractivity contribution in [2.24, 2.45) is 0 Å². The number of rotatable bonds is 1. The predicted octanol–water partition coefficient (Wildman–Crippen LogP) is 3.08. The molecule has 0 fully saturated rings. The molecule has 2 aromatic rings. The number of anilines is 1. The minimum atomic E-state index is 0.652. The first-order valence-corrected chi connectivity index (χ1v) is 6.06. The number of nitrogen functional groups attached to an aromatic ring is 1. The van der Waals surface area contributed by atoms with Gasteiger partial charge in [0.15, 0.2) is 0 Å². The summed E-state index contributed by atoms with van der Waals surface area (Å²) in [5.41, 5.74) is 7.02. The third-order valence-corrected chi connectivity index (χ3v) is 4.19. The van der Waals surface area contributed by atoms with E-state index in [9.17, 15) is 0 Å². The second-order valence-corrected chi connectivity index (χ2v) is 5.03. The van der Waals surface area contributed by atoms with E-state index in [-0.39, 0.29) is 0 Å². The van der Waals surface area contributed by atoms with E-state index in [2.05, 4.69) is 12.1 Å². The molecule has 1 heterocycles. The minimum Gasteiger partial charge on any atom is -0.399 e. The van der Waals surface area contributed by atoms with Gasteiger partial charge in [0.05, 0.1) is 14.5 Å². The van der Waals surface area contributed by atoms with Crippen LogP contribution in [0.4, 0.5) is 5.69 Å². The number of hydrogen-bond donors (Lipinski definition) is 1. The summed E-state index contributed by atoms with van der Waals surface area (Å²) in [6, 6.07) is 7.87. The average Bonchev–Trinajstić information content (AvgIpc) is 2.59. The highest BCUT2D eigenvalue weighted by Crippen LogP contribution is 2.34. The summed E-state index contributed by atoms with van der Waals surface area (Å²) in [6.45, 7) is 0. The van der Waals surface area contributed by atoms with E-state index in [1.165, 1.54) is 4.21 Å². The van der Waals surface area contributed by atoms with Crippen LogP contribution in [-0.4, -0.2) is 6.26 Å². The second kappa shape index (κ2) is 3.52. The molecule has 0 amide bonds. The molecule has 1 aromatic carbocycles. The third kappa shape index (κ3) is 1.45. The van der Waals surface area contributed by atoms with Crippen molar-refractivity contribution in [3.05, 3.63) is 23.8 Å². The molecule has 0 radical (unpaired) electrons. The first-order chi connectivity index (χ1) is 6.74. The molecule has 0 bridgehead atoms. The Morgan fingerprint density at radius 2 is 2.21 bits per heavy atom. The summed E-state index contributed by atoms with van der Waals surface area (Å²) in [5, 5.41) is 10.0. The zero-order chi connectivity index (χ0) is 10.1. The Kier molecular flexibility index (Phi) is 2.36. The summed E-state index contributed by atoms with van der Waals surface area (Å²) < 4.78 is 2.24. The number of hydrogen-bond acceptors (Lipinski definition) is 4. The van der Waals surface area contributed by atoms with Gasteiger partial charge in [0.25, 0.3) is 0 Å². The van der Waals surface area contributed by atoms with Gasteiger partial charge in [-0.05, 0) is 29.8 Å². The fourth-order valence-corrected chi connectivity index (χ4v) is 3.00. The molecule has 2 N–H and O–H groups in total. The molecule has 1 aromatic heterocycles. The van der Waals surface area contributed by atoms with Crippen LogP contribution in [0.5, 0.6) is 0 Å². The topological polar surface area (TPSA) is 49.8 Å². The molecular weight excluding hydrogens is 212 g/mol. The summed E-state index contributed by atoms with van der Waals surface area (Å²) in [7, 11) is 0. The SMILES string of the molecule is CSc1cc2cc(N)cc(C#N)c2s1. The molecule has 0 aliphatic heterocycles. The smallest absolute Gasteiger partial charge is 0.101 e. The Morgan fingerprint density at radius 1 is 1.43 bits per heavy atom. The minimum absolute atomic E-state index is 0.652. The Labute approximate surface area is 90.3 Å². The van der Waals surface area contributed by atoms with Crippen LogP contribution in [0.1, 0.15) is 5.56 Å². The lowest BCUT2D eigenvalue weighted by Crippen LogP contribution is -1.85. The maximum Gasteiger partial charge on any atom is 0.101 e. The predicted molar refractivity (Wildman–Crippen MR) is 62.7 cm³/mol. The normalized spacial score (nSPS) is 10.3. The van der Waals surface area contributed by atoms with Crippen LogP contribution in [-0.2, 0) is 0 Å². The quantitative estimate of drug-likeness (QED) is 0.593. The first kappa shape index (κ1) is 9.38. The van der Waals surface area contributed by atoms with Crippen LogP contribution in [0.2, 0.25) is 0 Å². The standard InChI is InChI=1S/C10H8N2S2/c1-13-9-4-6-2-8(12)3-7(5-11)10(6)14-9/h2-4H,12H2,1H3. The van der Waals surface area contributed by atoms with Gasteiger partial charge in [-0.2, -0.15) is 5.26 Å². The Bertz CT molecular complexity index is 523. The van der Waals surface area contributed by atoms with Crippen LogP contribution >= 0.6 is 23.1 Å². The maximum atomic E-state index is 8.94. The molecular formula is C10H8N2S2. The summed E-state index contributed by atoms with van der Waals surface area (Å²) in [5.74, 6) is 0. The Balaban J connectivity index is 2.79. The number of benzene rings is 1. The van der Waals surface area contributed by atoms with E-state index >= 15 is 0 Å². The van der Waals surface area contributed by atoms with Crippen LogP contribution in [0, 0.1) is 11.3 Å². The van der Waals surface area contributed by atoms with Gasteiger partial charge in [0.1, 0.15) is 6.07 Å². The number of nitrogens with zero attached hydrogens (tertiary/aromatic N) is 1. The number of thiophene rings is 1. The van der Waals surface area contributed by atoms with E-state index in [0.29, 0.717) is 11.3 Å². The monoisotopic (exact) mass is 220 g/mol. The van der Waals surface area contributed by atoms with Gasteiger partial charge >= 0.3 is 0 Å². The van der Waals surface area contributed by atoms with Crippen molar-refractivity contribution in [3.63, 3.8) is 0 Å². The third-order valence-electron chi connectivity index (χ3n) is 1.94. The van der Waals surface area contributed by atoms with Crippen molar-refractivity contribution in [3.8, 4) is 6.07 Å². The highest BCUT2D eigenvalue weighted by molar-refractivity contribution is 8.00. The molecule has 70 valence electrons. The molecule has 0 spiro atoms. The molecule has 2 rings (SSSR count). The van der Waals surface area contributed by atoms with Crippen molar-refractivity contribution < 1.29 is 0 Å². The van der Waals surface area contributed by atoms with Gasteiger partial charge in [-0.1, -0.05) is 0 Å². The number of nitriles is 1. The summed E-state index contributed by atoms with van der Waals surface area (Å²) >= 11 is 3.33. The molecule has 0 unspecified atom stereocenters. The highest BCUT2D eigenvalue weighted by Gasteiger charge is 2.06. The maximum absolute atomic E-state index is 8.94. The molecule has 0 aliphatic carbocycles. The van der Waals surface area contributed by atoms with Gasteiger partial charge < -0.3 is 5.73 Å². The van der Waals surface area contributed by atoms with Crippen molar-refractivity contribution >= 4 is 38.9 Å². The average molecular weight is 220 g/mol. The lowest BCUT2D eigenvalue weighted by atomic mass is 10.1. The van der Waals surface area contributed by atoms with Gasteiger partial charge in [-0.25, -0.2) is 0 Å². The fraction of sp³-hybridized carbons (Fsp3) is 0.100. The van der Waals surface area contributed by atoms with Gasteiger partial charge in [-0.3, -0.25) is 0 Å².